The Hall–Kier alpha value is -3.92. The number of ether oxygens (including phenoxy) is 1. The molecule has 7 nitrogen and oxygen atoms in total. The van der Waals surface area contributed by atoms with Crippen molar-refractivity contribution in [2.75, 3.05) is 6.61 Å². The van der Waals surface area contributed by atoms with Crippen LogP contribution in [-0.2, 0) is 11.3 Å². The molecule has 0 radical (unpaired) electrons. The van der Waals surface area contributed by atoms with Gasteiger partial charge in [0.25, 0.3) is 0 Å². The second kappa shape index (κ2) is 8.97. The SMILES string of the molecule is N#CCOc1ccc(/C=C/C(=O)NCc2ccc(-n3ccnc3)nc2)cc1. The van der Waals surface area contributed by atoms with Gasteiger partial charge >= 0.3 is 0 Å². The number of hydrogen-bond acceptors (Lipinski definition) is 5. The molecule has 0 atom stereocenters. The second-order valence-corrected chi connectivity index (χ2v) is 5.56. The molecule has 0 saturated heterocycles. The monoisotopic (exact) mass is 359 g/mol. The summed E-state index contributed by atoms with van der Waals surface area (Å²) in [4.78, 5) is 20.3. The smallest absolute Gasteiger partial charge is 0.244 e. The maximum atomic E-state index is 12.0. The van der Waals surface area contributed by atoms with Crippen molar-refractivity contribution in [1.29, 1.82) is 5.26 Å². The molecule has 27 heavy (non-hydrogen) atoms. The minimum absolute atomic E-state index is 0.00967. The number of amides is 1. The van der Waals surface area contributed by atoms with Crippen LogP contribution in [0.2, 0.25) is 0 Å². The topological polar surface area (TPSA) is 92.8 Å². The van der Waals surface area contributed by atoms with Gasteiger partial charge in [-0.1, -0.05) is 18.2 Å². The fourth-order valence-corrected chi connectivity index (χ4v) is 2.28. The summed E-state index contributed by atoms with van der Waals surface area (Å²) in [6, 6.07) is 12.8. The van der Waals surface area contributed by atoms with Crippen LogP contribution in [0.25, 0.3) is 11.9 Å². The maximum Gasteiger partial charge on any atom is 0.244 e. The zero-order valence-electron chi connectivity index (χ0n) is 14.4. The molecule has 1 amide bonds. The molecule has 0 saturated carbocycles. The first kappa shape index (κ1) is 17.9. The number of nitrogens with zero attached hydrogens (tertiary/aromatic N) is 4. The van der Waals surface area contributed by atoms with Gasteiger partial charge in [-0.2, -0.15) is 5.26 Å². The highest BCUT2D eigenvalue weighted by Crippen LogP contribution is 2.13. The fraction of sp³-hybridized carbons (Fsp3) is 0.100. The lowest BCUT2D eigenvalue weighted by Crippen LogP contribution is -2.20. The Morgan fingerprint density at radius 1 is 1.26 bits per heavy atom. The van der Waals surface area contributed by atoms with Crippen molar-refractivity contribution in [2.24, 2.45) is 0 Å². The van der Waals surface area contributed by atoms with Crippen LogP contribution < -0.4 is 10.1 Å². The van der Waals surface area contributed by atoms with E-state index in [-0.39, 0.29) is 12.5 Å². The first-order valence-corrected chi connectivity index (χ1v) is 8.23. The van der Waals surface area contributed by atoms with Crippen molar-refractivity contribution in [3.05, 3.63) is 78.5 Å². The molecule has 1 aromatic carbocycles. The van der Waals surface area contributed by atoms with Gasteiger partial charge in [-0.15, -0.1) is 0 Å². The van der Waals surface area contributed by atoms with Gasteiger partial charge in [-0.3, -0.25) is 9.36 Å². The average Bonchev–Trinajstić information content (AvgIpc) is 3.25. The van der Waals surface area contributed by atoms with Crippen molar-refractivity contribution in [1.82, 2.24) is 19.9 Å². The third-order valence-electron chi connectivity index (χ3n) is 3.66. The van der Waals surface area contributed by atoms with Gasteiger partial charge in [0, 0.05) is 31.2 Å². The Morgan fingerprint density at radius 2 is 2.11 bits per heavy atom. The lowest BCUT2D eigenvalue weighted by molar-refractivity contribution is -0.116. The minimum Gasteiger partial charge on any atom is -0.479 e. The van der Waals surface area contributed by atoms with Crippen molar-refractivity contribution in [3.8, 4) is 17.6 Å². The van der Waals surface area contributed by atoms with Gasteiger partial charge in [-0.25, -0.2) is 9.97 Å². The van der Waals surface area contributed by atoms with Crippen molar-refractivity contribution in [3.63, 3.8) is 0 Å². The van der Waals surface area contributed by atoms with E-state index in [4.69, 9.17) is 10.00 Å². The number of pyridine rings is 1. The number of nitriles is 1. The van der Waals surface area contributed by atoms with Crippen LogP contribution in [0.4, 0.5) is 0 Å². The molecule has 0 aliphatic heterocycles. The van der Waals surface area contributed by atoms with E-state index >= 15 is 0 Å². The van der Waals surface area contributed by atoms with E-state index in [2.05, 4.69) is 15.3 Å². The predicted octanol–water partition coefficient (Wildman–Crippen LogP) is 2.50. The normalized spacial score (nSPS) is 10.5. The van der Waals surface area contributed by atoms with E-state index in [0.717, 1.165) is 16.9 Å². The zero-order valence-corrected chi connectivity index (χ0v) is 14.4. The Morgan fingerprint density at radius 3 is 2.78 bits per heavy atom. The van der Waals surface area contributed by atoms with Gasteiger partial charge in [0.15, 0.2) is 6.61 Å². The quantitative estimate of drug-likeness (QED) is 0.654. The highest BCUT2D eigenvalue weighted by Gasteiger charge is 2.00. The Bertz CT molecular complexity index is 940. The Labute approximate surface area is 156 Å². The molecule has 3 aromatic rings. The van der Waals surface area contributed by atoms with Gasteiger partial charge in [0.05, 0.1) is 0 Å². The summed E-state index contributed by atoms with van der Waals surface area (Å²) >= 11 is 0. The number of aromatic nitrogens is 3. The Kier molecular flexibility index (Phi) is 5.94. The van der Waals surface area contributed by atoms with E-state index < -0.39 is 0 Å². The molecule has 0 aliphatic rings. The van der Waals surface area contributed by atoms with Gasteiger partial charge in [-0.05, 0) is 35.4 Å². The number of nitrogens with one attached hydrogen (secondary N) is 1. The molecular weight excluding hydrogens is 342 g/mol. The van der Waals surface area contributed by atoms with Crippen molar-refractivity contribution in [2.45, 2.75) is 6.54 Å². The number of imidazole rings is 1. The van der Waals surface area contributed by atoms with Gasteiger partial charge in [0.1, 0.15) is 24.0 Å². The first-order valence-electron chi connectivity index (χ1n) is 8.23. The summed E-state index contributed by atoms with van der Waals surface area (Å²) < 4.78 is 6.99. The second-order valence-electron chi connectivity index (χ2n) is 5.56. The number of carbonyl (C=O) groups is 1. The Balaban J connectivity index is 1.49. The summed E-state index contributed by atoms with van der Waals surface area (Å²) in [6.45, 7) is 0.400. The molecule has 2 heterocycles. The molecule has 0 fully saturated rings. The largest absolute Gasteiger partial charge is 0.479 e. The standard InChI is InChI=1S/C20H17N5O2/c21-9-12-27-18-5-1-16(2-6-18)4-8-20(26)24-14-17-3-7-19(23-13-17)25-11-10-22-15-25/h1-8,10-11,13,15H,12,14H2,(H,24,26)/b8-4+. The molecule has 7 heteroatoms. The summed E-state index contributed by atoms with van der Waals surface area (Å²) in [6.07, 6.45) is 10.1. The summed E-state index contributed by atoms with van der Waals surface area (Å²) in [5.41, 5.74) is 1.76. The van der Waals surface area contributed by atoms with Crippen LogP contribution in [-0.4, -0.2) is 27.0 Å². The molecule has 2 aromatic heterocycles. The fourth-order valence-electron chi connectivity index (χ4n) is 2.28. The van der Waals surface area contributed by atoms with Crippen molar-refractivity contribution < 1.29 is 9.53 Å². The van der Waals surface area contributed by atoms with Crippen LogP contribution in [0.5, 0.6) is 5.75 Å². The minimum atomic E-state index is -0.196. The lowest BCUT2D eigenvalue weighted by atomic mass is 10.2. The van der Waals surface area contributed by atoms with Gasteiger partial charge in [0.2, 0.25) is 5.91 Å². The highest BCUT2D eigenvalue weighted by atomic mass is 16.5. The third kappa shape index (κ3) is 5.28. The van der Waals surface area contributed by atoms with E-state index in [0.29, 0.717) is 12.3 Å². The zero-order chi connectivity index (χ0) is 18.9. The van der Waals surface area contributed by atoms with Crippen LogP contribution in [0.3, 0.4) is 0 Å². The first-order chi connectivity index (χ1) is 13.2. The number of carbonyl (C=O) groups excluding carboxylic acids is 1. The molecule has 3 rings (SSSR count). The maximum absolute atomic E-state index is 12.0. The molecule has 1 N–H and O–H groups in total. The van der Waals surface area contributed by atoms with Crippen LogP contribution in [0.1, 0.15) is 11.1 Å². The van der Waals surface area contributed by atoms with Crippen LogP contribution in [0.15, 0.2) is 67.4 Å². The van der Waals surface area contributed by atoms with Crippen LogP contribution >= 0.6 is 0 Å². The van der Waals surface area contributed by atoms with E-state index in [1.54, 1.807) is 36.9 Å². The molecular formula is C20H17N5O2. The van der Waals surface area contributed by atoms with E-state index in [9.17, 15) is 4.79 Å². The highest BCUT2D eigenvalue weighted by molar-refractivity contribution is 5.91. The lowest BCUT2D eigenvalue weighted by Gasteiger charge is -2.05. The number of hydrogen-bond donors (Lipinski definition) is 1. The van der Waals surface area contributed by atoms with Gasteiger partial charge < -0.3 is 10.1 Å². The predicted molar refractivity (Wildman–Crippen MR) is 99.8 cm³/mol. The number of benzene rings is 1. The van der Waals surface area contributed by atoms with Crippen molar-refractivity contribution >= 4 is 12.0 Å². The molecule has 0 unspecified atom stereocenters. The average molecular weight is 359 g/mol. The van der Waals surface area contributed by atoms with Crippen LogP contribution in [0, 0.1) is 11.3 Å². The summed E-state index contributed by atoms with van der Waals surface area (Å²) in [5.74, 6) is 1.19. The molecule has 134 valence electrons. The molecule has 0 aliphatic carbocycles. The van der Waals surface area contributed by atoms with E-state index in [1.165, 1.54) is 6.08 Å². The third-order valence-corrected chi connectivity index (χ3v) is 3.66. The molecule has 0 bridgehead atoms. The molecule has 0 spiro atoms. The number of rotatable bonds is 7. The summed E-state index contributed by atoms with van der Waals surface area (Å²) in [7, 11) is 0. The summed E-state index contributed by atoms with van der Waals surface area (Å²) in [5, 5.41) is 11.3. The van der Waals surface area contributed by atoms with E-state index in [1.807, 2.05) is 41.1 Å².